The van der Waals surface area contributed by atoms with Gasteiger partial charge in [0.05, 0.1) is 16.6 Å². The van der Waals surface area contributed by atoms with Gasteiger partial charge in [-0.15, -0.1) is 0 Å². The van der Waals surface area contributed by atoms with Gasteiger partial charge in [0.25, 0.3) is 0 Å². The Morgan fingerprint density at radius 3 is 2.48 bits per heavy atom. The van der Waals surface area contributed by atoms with E-state index in [1.54, 1.807) is 6.07 Å². The molecule has 0 spiro atoms. The molecule has 0 unspecified atom stereocenters. The summed E-state index contributed by atoms with van der Waals surface area (Å²) in [6.45, 7) is 2.92. The van der Waals surface area contributed by atoms with Crippen molar-refractivity contribution in [3.05, 3.63) is 58.1 Å². The Kier molecular flexibility index (Phi) is 5.22. The highest BCUT2D eigenvalue weighted by atomic mass is 79.9. The van der Waals surface area contributed by atoms with Crippen LogP contribution >= 0.6 is 15.9 Å². The van der Waals surface area contributed by atoms with E-state index in [1.807, 2.05) is 31.2 Å². The maximum Gasteiger partial charge on any atom is 0.335 e. The Morgan fingerprint density at radius 2 is 1.86 bits per heavy atom. The van der Waals surface area contributed by atoms with E-state index in [0.29, 0.717) is 19.0 Å². The first kappa shape index (κ1) is 15.4. The van der Waals surface area contributed by atoms with Gasteiger partial charge >= 0.3 is 5.97 Å². The minimum atomic E-state index is -0.978. The van der Waals surface area contributed by atoms with Crippen molar-refractivity contribution < 1.29 is 19.4 Å². The molecular formula is C16H15BrO4. The van der Waals surface area contributed by atoms with Gasteiger partial charge in [0.15, 0.2) is 0 Å². The van der Waals surface area contributed by atoms with Gasteiger partial charge in [-0.2, -0.15) is 0 Å². The first-order valence-corrected chi connectivity index (χ1v) is 7.27. The normalized spacial score (nSPS) is 10.2. The van der Waals surface area contributed by atoms with Crippen LogP contribution in [0.1, 0.15) is 22.8 Å². The average molecular weight is 351 g/mol. The summed E-state index contributed by atoms with van der Waals surface area (Å²) in [6.07, 6.45) is 0. The van der Waals surface area contributed by atoms with Crippen molar-refractivity contribution in [2.45, 2.75) is 13.5 Å². The first-order chi connectivity index (χ1) is 10.1. The molecule has 0 saturated heterocycles. The summed E-state index contributed by atoms with van der Waals surface area (Å²) in [4.78, 5) is 11.0. The van der Waals surface area contributed by atoms with Crippen molar-refractivity contribution >= 4 is 21.9 Å². The van der Waals surface area contributed by atoms with Crippen LogP contribution in [0.15, 0.2) is 46.9 Å². The number of ether oxygens (including phenoxy) is 2. The molecule has 2 rings (SSSR count). The molecule has 2 aromatic carbocycles. The molecule has 2 aromatic rings. The van der Waals surface area contributed by atoms with Crippen LogP contribution in [0.4, 0.5) is 0 Å². The van der Waals surface area contributed by atoms with Crippen molar-refractivity contribution in [2.24, 2.45) is 0 Å². The van der Waals surface area contributed by atoms with E-state index in [9.17, 15) is 4.79 Å². The molecule has 1 N–H and O–H groups in total. The van der Waals surface area contributed by atoms with Crippen LogP contribution in [0.5, 0.6) is 11.5 Å². The van der Waals surface area contributed by atoms with Gasteiger partial charge in [-0.05, 0) is 58.7 Å². The average Bonchev–Trinajstić information content (AvgIpc) is 2.48. The van der Waals surface area contributed by atoms with Gasteiger partial charge in [-0.25, -0.2) is 4.79 Å². The van der Waals surface area contributed by atoms with Gasteiger partial charge in [-0.1, -0.05) is 12.1 Å². The van der Waals surface area contributed by atoms with Crippen molar-refractivity contribution in [3.63, 3.8) is 0 Å². The Labute approximate surface area is 131 Å². The van der Waals surface area contributed by atoms with E-state index < -0.39 is 5.97 Å². The summed E-state index contributed by atoms with van der Waals surface area (Å²) < 4.78 is 11.8. The number of hydrogen-bond acceptors (Lipinski definition) is 3. The number of rotatable bonds is 6. The molecule has 0 fully saturated rings. The molecule has 0 aromatic heterocycles. The van der Waals surface area contributed by atoms with Gasteiger partial charge < -0.3 is 14.6 Å². The third-order valence-corrected chi connectivity index (χ3v) is 3.46. The highest BCUT2D eigenvalue weighted by molar-refractivity contribution is 9.10. The van der Waals surface area contributed by atoms with Crippen molar-refractivity contribution in [1.82, 2.24) is 0 Å². The highest BCUT2D eigenvalue weighted by Gasteiger charge is 2.08. The van der Waals surface area contributed by atoms with Crippen molar-refractivity contribution in [2.75, 3.05) is 6.61 Å². The van der Waals surface area contributed by atoms with Crippen LogP contribution in [0.3, 0.4) is 0 Å². The minimum absolute atomic E-state index is 0.194. The number of carboxylic acids is 1. The zero-order valence-electron chi connectivity index (χ0n) is 11.5. The summed E-state index contributed by atoms with van der Waals surface area (Å²) in [5.74, 6) is 0.340. The summed E-state index contributed by atoms with van der Waals surface area (Å²) >= 11 is 3.35. The minimum Gasteiger partial charge on any atom is -0.494 e. The molecule has 0 aliphatic carbocycles. The number of hydrogen-bond donors (Lipinski definition) is 1. The van der Waals surface area contributed by atoms with Gasteiger partial charge in [0.2, 0.25) is 0 Å². The molecular weight excluding hydrogens is 336 g/mol. The zero-order valence-corrected chi connectivity index (χ0v) is 13.1. The second kappa shape index (κ2) is 7.13. The Morgan fingerprint density at radius 1 is 1.14 bits per heavy atom. The van der Waals surface area contributed by atoms with E-state index in [2.05, 4.69) is 15.9 Å². The summed E-state index contributed by atoms with van der Waals surface area (Å²) in [6, 6.07) is 12.3. The van der Waals surface area contributed by atoms with Crippen LogP contribution in [0.2, 0.25) is 0 Å². The number of carboxylic acid groups (broad SMARTS) is 1. The van der Waals surface area contributed by atoms with E-state index in [1.165, 1.54) is 12.1 Å². The van der Waals surface area contributed by atoms with Gasteiger partial charge in [0, 0.05) is 0 Å². The Balaban J connectivity index is 2.05. The standard InChI is InChI=1S/C16H15BrO4/c1-2-20-13-6-3-11(4-7-13)10-21-15-9-12(16(18)19)5-8-14(15)17/h3-9H,2,10H2,1H3,(H,18,19). The lowest BCUT2D eigenvalue weighted by Crippen LogP contribution is -2.00. The molecule has 4 nitrogen and oxygen atoms in total. The number of halogens is 1. The smallest absolute Gasteiger partial charge is 0.335 e. The molecule has 0 atom stereocenters. The topological polar surface area (TPSA) is 55.8 Å². The van der Waals surface area contributed by atoms with E-state index >= 15 is 0 Å². The fourth-order valence-corrected chi connectivity index (χ4v) is 2.12. The zero-order chi connectivity index (χ0) is 15.2. The predicted molar refractivity (Wildman–Crippen MR) is 83.0 cm³/mol. The van der Waals surface area contributed by atoms with Crippen LogP contribution in [0.25, 0.3) is 0 Å². The first-order valence-electron chi connectivity index (χ1n) is 6.47. The molecule has 5 heteroatoms. The lowest BCUT2D eigenvalue weighted by molar-refractivity contribution is 0.0696. The van der Waals surface area contributed by atoms with Crippen molar-refractivity contribution in [3.8, 4) is 11.5 Å². The molecule has 0 bridgehead atoms. The van der Waals surface area contributed by atoms with E-state index in [4.69, 9.17) is 14.6 Å². The van der Waals surface area contributed by atoms with Gasteiger partial charge in [-0.3, -0.25) is 0 Å². The largest absolute Gasteiger partial charge is 0.494 e. The Bertz CT molecular complexity index is 623. The maximum atomic E-state index is 11.0. The molecule has 0 saturated carbocycles. The monoisotopic (exact) mass is 350 g/mol. The fraction of sp³-hybridized carbons (Fsp3) is 0.188. The molecule has 0 amide bonds. The van der Waals surface area contributed by atoms with E-state index in [-0.39, 0.29) is 5.56 Å². The second-order valence-corrected chi connectivity index (χ2v) is 5.17. The third kappa shape index (κ3) is 4.23. The van der Waals surface area contributed by atoms with Crippen LogP contribution in [-0.2, 0) is 6.61 Å². The molecule has 0 aliphatic rings. The molecule has 110 valence electrons. The van der Waals surface area contributed by atoms with Gasteiger partial charge in [0.1, 0.15) is 18.1 Å². The predicted octanol–water partition coefficient (Wildman–Crippen LogP) is 4.13. The van der Waals surface area contributed by atoms with Crippen LogP contribution in [-0.4, -0.2) is 17.7 Å². The molecule has 0 radical (unpaired) electrons. The fourth-order valence-electron chi connectivity index (χ4n) is 1.76. The molecule has 21 heavy (non-hydrogen) atoms. The van der Waals surface area contributed by atoms with Crippen LogP contribution < -0.4 is 9.47 Å². The van der Waals surface area contributed by atoms with E-state index in [0.717, 1.165) is 15.8 Å². The summed E-state index contributed by atoms with van der Waals surface area (Å²) in [5, 5.41) is 8.98. The third-order valence-electron chi connectivity index (χ3n) is 2.81. The molecule has 0 heterocycles. The summed E-state index contributed by atoms with van der Waals surface area (Å²) in [5.41, 5.74) is 1.17. The quantitative estimate of drug-likeness (QED) is 0.850. The SMILES string of the molecule is CCOc1ccc(COc2cc(C(=O)O)ccc2Br)cc1. The molecule has 0 aliphatic heterocycles. The number of carbonyl (C=O) groups is 1. The van der Waals surface area contributed by atoms with Crippen LogP contribution in [0, 0.1) is 0 Å². The number of aromatic carboxylic acids is 1. The lowest BCUT2D eigenvalue weighted by Gasteiger charge is -2.10. The van der Waals surface area contributed by atoms with Crippen molar-refractivity contribution in [1.29, 1.82) is 0 Å². The lowest BCUT2D eigenvalue weighted by atomic mass is 10.2. The second-order valence-electron chi connectivity index (χ2n) is 4.32. The Hall–Kier alpha value is -2.01. The summed E-state index contributed by atoms with van der Waals surface area (Å²) in [7, 11) is 0. The maximum absolute atomic E-state index is 11.0. The number of benzene rings is 2. The highest BCUT2D eigenvalue weighted by Crippen LogP contribution is 2.27.